The fraction of sp³-hybridized carbons (Fsp3) is 0.381. The minimum atomic E-state index is -0.420. The van der Waals surface area contributed by atoms with Crippen molar-refractivity contribution in [2.24, 2.45) is 5.92 Å². The second kappa shape index (κ2) is 9.59. The Kier molecular flexibility index (Phi) is 6.92. The molecule has 7 heteroatoms. The quantitative estimate of drug-likeness (QED) is 0.547. The van der Waals surface area contributed by atoms with Crippen LogP contribution in [-0.4, -0.2) is 55.3 Å². The second-order valence-corrected chi connectivity index (χ2v) is 7.69. The Bertz CT molecular complexity index is 861. The Balaban J connectivity index is 1.40. The van der Waals surface area contributed by atoms with Gasteiger partial charge in [-0.05, 0) is 35.7 Å². The van der Waals surface area contributed by atoms with Crippen molar-refractivity contribution in [3.63, 3.8) is 0 Å². The van der Waals surface area contributed by atoms with E-state index >= 15 is 0 Å². The normalized spacial score (nSPS) is 14.7. The van der Waals surface area contributed by atoms with Crippen molar-refractivity contribution in [2.75, 3.05) is 32.6 Å². The topological polar surface area (TPSA) is 72.9 Å². The molecule has 1 aliphatic rings. The summed E-state index contributed by atoms with van der Waals surface area (Å²) in [6.07, 6.45) is 1.15. The largest absolute Gasteiger partial charge is 0.469 e. The number of carbonyl (C=O) groups excluding carboxylic acids is 3. The molecule has 0 aliphatic carbocycles. The standard InChI is InChI=1S/C21H23NO5S/c1-26-21(25)16-8-10-22(11-9-16)19(23)13-27-20(24)14-28-18-7-6-15-4-2-3-5-17(15)12-18/h2-7,12,16H,8-11,13-14H2,1H3. The first-order valence-corrected chi connectivity index (χ1v) is 10.2. The van der Waals surface area contributed by atoms with Crippen LogP contribution in [0.5, 0.6) is 0 Å². The minimum Gasteiger partial charge on any atom is -0.469 e. The van der Waals surface area contributed by atoms with Crippen molar-refractivity contribution >= 4 is 40.4 Å². The SMILES string of the molecule is COC(=O)C1CCN(C(=O)COC(=O)CSc2ccc3ccccc3c2)CC1. The van der Waals surface area contributed by atoms with Crippen LogP contribution in [0.1, 0.15) is 12.8 Å². The summed E-state index contributed by atoms with van der Waals surface area (Å²) >= 11 is 1.39. The Morgan fingerprint density at radius 2 is 1.79 bits per heavy atom. The van der Waals surface area contributed by atoms with Crippen LogP contribution < -0.4 is 0 Å². The van der Waals surface area contributed by atoms with E-state index in [-0.39, 0.29) is 30.2 Å². The van der Waals surface area contributed by atoms with Gasteiger partial charge in [0.25, 0.3) is 5.91 Å². The number of methoxy groups -OCH3 is 1. The lowest BCUT2D eigenvalue weighted by Crippen LogP contribution is -2.42. The van der Waals surface area contributed by atoms with E-state index in [0.717, 1.165) is 15.7 Å². The van der Waals surface area contributed by atoms with Crippen LogP contribution in [0.3, 0.4) is 0 Å². The molecule has 28 heavy (non-hydrogen) atoms. The van der Waals surface area contributed by atoms with Gasteiger partial charge in [0.1, 0.15) is 0 Å². The van der Waals surface area contributed by atoms with Gasteiger partial charge < -0.3 is 14.4 Å². The lowest BCUT2D eigenvalue weighted by Gasteiger charge is -2.30. The van der Waals surface area contributed by atoms with Crippen LogP contribution >= 0.6 is 11.8 Å². The van der Waals surface area contributed by atoms with Crippen LogP contribution in [0.15, 0.2) is 47.4 Å². The molecular formula is C21H23NO5S. The average molecular weight is 401 g/mol. The van der Waals surface area contributed by atoms with E-state index < -0.39 is 5.97 Å². The van der Waals surface area contributed by atoms with E-state index in [4.69, 9.17) is 9.47 Å². The summed E-state index contributed by atoms with van der Waals surface area (Å²) in [4.78, 5) is 38.3. The number of benzene rings is 2. The highest BCUT2D eigenvalue weighted by Gasteiger charge is 2.28. The lowest BCUT2D eigenvalue weighted by atomic mass is 9.97. The molecule has 0 unspecified atom stereocenters. The van der Waals surface area contributed by atoms with Crippen molar-refractivity contribution in [3.8, 4) is 0 Å². The molecule has 0 aromatic heterocycles. The van der Waals surface area contributed by atoms with Crippen LogP contribution in [-0.2, 0) is 23.9 Å². The van der Waals surface area contributed by atoms with Crippen molar-refractivity contribution in [1.29, 1.82) is 0 Å². The molecule has 0 radical (unpaired) electrons. The number of esters is 2. The smallest absolute Gasteiger partial charge is 0.316 e. The van der Waals surface area contributed by atoms with Gasteiger partial charge in [-0.1, -0.05) is 30.3 Å². The fourth-order valence-electron chi connectivity index (χ4n) is 3.21. The number of carbonyl (C=O) groups is 3. The average Bonchev–Trinajstić information content (AvgIpc) is 2.75. The molecule has 0 N–H and O–H groups in total. The van der Waals surface area contributed by atoms with Crippen molar-refractivity contribution in [3.05, 3.63) is 42.5 Å². The van der Waals surface area contributed by atoms with E-state index in [1.54, 1.807) is 4.90 Å². The third-order valence-corrected chi connectivity index (χ3v) is 5.78. The zero-order valence-corrected chi connectivity index (χ0v) is 16.6. The molecule has 0 atom stereocenters. The molecule has 2 aromatic rings. The van der Waals surface area contributed by atoms with Crippen molar-refractivity contribution < 1.29 is 23.9 Å². The molecule has 1 fully saturated rings. The number of rotatable bonds is 6. The zero-order valence-electron chi connectivity index (χ0n) is 15.8. The highest BCUT2D eigenvalue weighted by atomic mass is 32.2. The van der Waals surface area contributed by atoms with Gasteiger partial charge in [0.15, 0.2) is 6.61 Å². The van der Waals surface area contributed by atoms with Gasteiger partial charge >= 0.3 is 11.9 Å². The predicted molar refractivity (Wildman–Crippen MR) is 107 cm³/mol. The number of nitrogens with zero attached hydrogens (tertiary/aromatic N) is 1. The Morgan fingerprint density at radius 1 is 1.07 bits per heavy atom. The van der Waals surface area contributed by atoms with E-state index in [0.29, 0.717) is 25.9 Å². The Labute approximate surface area is 168 Å². The summed E-state index contributed by atoms with van der Waals surface area (Å²) in [5.74, 6) is -0.890. The Morgan fingerprint density at radius 3 is 2.50 bits per heavy atom. The summed E-state index contributed by atoms with van der Waals surface area (Å²) < 4.78 is 9.86. The molecular weight excluding hydrogens is 378 g/mol. The molecule has 1 heterocycles. The van der Waals surface area contributed by atoms with Gasteiger partial charge in [0, 0.05) is 18.0 Å². The molecule has 0 spiro atoms. The molecule has 0 bridgehead atoms. The minimum absolute atomic E-state index is 0.149. The number of likely N-dealkylation sites (tertiary alicyclic amines) is 1. The first-order chi connectivity index (χ1) is 13.6. The summed E-state index contributed by atoms with van der Waals surface area (Å²) in [6, 6.07) is 14.1. The summed E-state index contributed by atoms with van der Waals surface area (Å²) in [6.45, 7) is 0.685. The highest BCUT2D eigenvalue weighted by Crippen LogP contribution is 2.24. The maximum absolute atomic E-state index is 12.2. The lowest BCUT2D eigenvalue weighted by molar-refractivity contribution is -0.152. The summed E-state index contributed by atoms with van der Waals surface area (Å²) in [5.41, 5.74) is 0. The maximum Gasteiger partial charge on any atom is 0.316 e. The molecule has 1 saturated heterocycles. The summed E-state index contributed by atoms with van der Waals surface area (Å²) in [7, 11) is 1.37. The van der Waals surface area contributed by atoms with Crippen LogP contribution in [0.2, 0.25) is 0 Å². The maximum atomic E-state index is 12.2. The number of piperidine rings is 1. The fourth-order valence-corrected chi connectivity index (χ4v) is 3.95. The third-order valence-electron chi connectivity index (χ3n) is 4.82. The van der Waals surface area contributed by atoms with Crippen LogP contribution in [0, 0.1) is 5.92 Å². The van der Waals surface area contributed by atoms with Crippen molar-refractivity contribution in [1.82, 2.24) is 4.90 Å². The first kappa shape index (κ1) is 20.2. The Hall–Kier alpha value is -2.54. The second-order valence-electron chi connectivity index (χ2n) is 6.64. The van der Waals surface area contributed by atoms with Crippen LogP contribution in [0.4, 0.5) is 0 Å². The monoisotopic (exact) mass is 401 g/mol. The molecule has 148 valence electrons. The summed E-state index contributed by atoms with van der Waals surface area (Å²) in [5, 5.41) is 2.27. The number of hydrogen-bond donors (Lipinski definition) is 0. The van der Waals surface area contributed by atoms with E-state index in [2.05, 4.69) is 0 Å². The molecule has 6 nitrogen and oxygen atoms in total. The van der Waals surface area contributed by atoms with Gasteiger partial charge in [-0.25, -0.2) is 0 Å². The van der Waals surface area contributed by atoms with Gasteiger partial charge in [0.2, 0.25) is 0 Å². The van der Waals surface area contributed by atoms with Gasteiger partial charge in [0.05, 0.1) is 18.8 Å². The predicted octanol–water partition coefficient (Wildman–Crippen LogP) is 2.89. The number of thioether (sulfide) groups is 1. The van der Waals surface area contributed by atoms with Gasteiger partial charge in [-0.15, -0.1) is 11.8 Å². The molecule has 1 aliphatic heterocycles. The number of fused-ring (bicyclic) bond motifs is 1. The number of hydrogen-bond acceptors (Lipinski definition) is 6. The molecule has 1 amide bonds. The third kappa shape index (κ3) is 5.25. The number of ether oxygens (including phenoxy) is 2. The van der Waals surface area contributed by atoms with Gasteiger partial charge in [-0.2, -0.15) is 0 Å². The van der Waals surface area contributed by atoms with E-state index in [9.17, 15) is 14.4 Å². The van der Waals surface area contributed by atoms with Crippen molar-refractivity contribution in [2.45, 2.75) is 17.7 Å². The zero-order chi connectivity index (χ0) is 19.9. The first-order valence-electron chi connectivity index (χ1n) is 9.19. The van der Waals surface area contributed by atoms with E-state index in [1.807, 2.05) is 42.5 Å². The molecule has 0 saturated carbocycles. The number of amides is 1. The molecule has 2 aromatic carbocycles. The van der Waals surface area contributed by atoms with Crippen LogP contribution in [0.25, 0.3) is 10.8 Å². The van der Waals surface area contributed by atoms with Gasteiger partial charge in [-0.3, -0.25) is 14.4 Å². The van der Waals surface area contributed by atoms with E-state index in [1.165, 1.54) is 18.9 Å². The molecule has 3 rings (SSSR count). The highest BCUT2D eigenvalue weighted by molar-refractivity contribution is 8.00.